The molecule has 0 bridgehead atoms. The van der Waals surface area contributed by atoms with Crippen molar-refractivity contribution in [1.82, 2.24) is 4.90 Å². The summed E-state index contributed by atoms with van der Waals surface area (Å²) in [5, 5.41) is 0. The van der Waals surface area contributed by atoms with Crippen LogP contribution in [0.1, 0.15) is 47.0 Å². The van der Waals surface area contributed by atoms with Gasteiger partial charge in [-0.05, 0) is 32.1 Å². The largest absolute Gasteiger partial charge is 0.300 e. The maximum Gasteiger partial charge on any atom is 0.00532 e. The van der Waals surface area contributed by atoms with Gasteiger partial charge in [-0.1, -0.05) is 20.3 Å². The summed E-state index contributed by atoms with van der Waals surface area (Å²) < 4.78 is 0. The van der Waals surface area contributed by atoms with E-state index in [2.05, 4.69) is 18.7 Å². The van der Waals surface area contributed by atoms with Gasteiger partial charge in [0.05, 0.1) is 0 Å². The normalized spacial score (nSPS) is 25.8. The molecule has 0 N–H and O–H groups in total. The van der Waals surface area contributed by atoms with Crippen LogP contribution in [0.3, 0.4) is 0 Å². The zero-order chi connectivity index (χ0) is 9.19. The lowest BCUT2D eigenvalue weighted by Crippen LogP contribution is -2.61. The lowest BCUT2D eigenvalue weighted by atomic mass is 9.63. The van der Waals surface area contributed by atoms with Gasteiger partial charge in [-0.25, -0.2) is 0 Å². The van der Waals surface area contributed by atoms with E-state index in [-0.39, 0.29) is 0 Å². The van der Waals surface area contributed by atoms with Crippen LogP contribution < -0.4 is 0 Å². The average molecular weight is 169 g/mol. The Morgan fingerprint density at radius 1 is 1.08 bits per heavy atom. The van der Waals surface area contributed by atoms with Gasteiger partial charge in [0.2, 0.25) is 0 Å². The molecule has 1 saturated carbocycles. The Morgan fingerprint density at radius 3 is 1.83 bits per heavy atom. The van der Waals surface area contributed by atoms with Crippen molar-refractivity contribution < 1.29 is 0 Å². The van der Waals surface area contributed by atoms with Crippen molar-refractivity contribution in [3.05, 3.63) is 0 Å². The Labute approximate surface area is 77.1 Å². The van der Waals surface area contributed by atoms with Gasteiger partial charge in [0, 0.05) is 19.1 Å². The summed E-state index contributed by atoms with van der Waals surface area (Å²) in [6.07, 6.45) is 4.51. The monoisotopic (exact) mass is 169 g/mol. The number of likely N-dealkylation sites (tertiary alicyclic amines) is 1. The molecular formula is C11H23N. The van der Waals surface area contributed by atoms with Gasteiger partial charge in [0.25, 0.3) is 0 Å². The highest BCUT2D eigenvalue weighted by Gasteiger charge is 2.47. The Morgan fingerprint density at radius 2 is 1.58 bits per heavy atom. The summed E-state index contributed by atoms with van der Waals surface area (Å²) in [6.45, 7) is 11.4. The zero-order valence-electron chi connectivity index (χ0n) is 9.06. The second-order valence-corrected chi connectivity index (χ2v) is 4.35. The van der Waals surface area contributed by atoms with Crippen molar-refractivity contribution in [2.45, 2.75) is 53.0 Å². The Hall–Kier alpha value is -0.0400. The van der Waals surface area contributed by atoms with Gasteiger partial charge < -0.3 is 0 Å². The average Bonchev–Trinajstić information content (AvgIpc) is 1.85. The standard InChI is InChI=1S/C9H17N.C2H6/c1-8(2)10-6-9(7-10)4-3-5-9;1-2/h8H,3-7H2,1-2H3;1-2H3. The van der Waals surface area contributed by atoms with E-state index >= 15 is 0 Å². The number of rotatable bonds is 1. The predicted octanol–water partition coefficient (Wildman–Crippen LogP) is 2.91. The summed E-state index contributed by atoms with van der Waals surface area (Å²) >= 11 is 0. The molecule has 12 heavy (non-hydrogen) atoms. The van der Waals surface area contributed by atoms with Crippen LogP contribution in [0.5, 0.6) is 0 Å². The van der Waals surface area contributed by atoms with Crippen LogP contribution in [0.2, 0.25) is 0 Å². The first-order valence-electron chi connectivity index (χ1n) is 5.46. The van der Waals surface area contributed by atoms with Gasteiger partial charge in [-0.3, -0.25) is 4.90 Å². The summed E-state index contributed by atoms with van der Waals surface area (Å²) in [7, 11) is 0. The SMILES string of the molecule is CC.CC(C)N1CC2(CCC2)C1. The molecule has 0 radical (unpaired) electrons. The van der Waals surface area contributed by atoms with Gasteiger partial charge in [-0.2, -0.15) is 0 Å². The van der Waals surface area contributed by atoms with Crippen LogP contribution in [0, 0.1) is 5.41 Å². The van der Waals surface area contributed by atoms with Crippen LogP contribution >= 0.6 is 0 Å². The van der Waals surface area contributed by atoms with E-state index in [0.717, 1.165) is 11.5 Å². The molecule has 1 aliphatic carbocycles. The minimum absolute atomic E-state index is 0.784. The first kappa shape index (κ1) is 10.0. The summed E-state index contributed by atoms with van der Waals surface area (Å²) in [5.74, 6) is 0. The highest BCUT2D eigenvalue weighted by atomic mass is 15.2. The number of nitrogens with zero attached hydrogens (tertiary/aromatic N) is 1. The molecule has 1 nitrogen and oxygen atoms in total. The van der Waals surface area contributed by atoms with E-state index in [1.54, 1.807) is 0 Å². The summed E-state index contributed by atoms with van der Waals surface area (Å²) in [4.78, 5) is 2.58. The smallest absolute Gasteiger partial charge is 0.00532 e. The molecule has 2 fully saturated rings. The fourth-order valence-electron chi connectivity index (χ4n) is 2.17. The van der Waals surface area contributed by atoms with Crippen molar-refractivity contribution >= 4 is 0 Å². The van der Waals surface area contributed by atoms with Crippen molar-refractivity contribution in [3.8, 4) is 0 Å². The molecule has 0 aromatic heterocycles. The van der Waals surface area contributed by atoms with Crippen molar-refractivity contribution in [2.75, 3.05) is 13.1 Å². The number of hydrogen-bond donors (Lipinski definition) is 0. The number of hydrogen-bond acceptors (Lipinski definition) is 1. The van der Waals surface area contributed by atoms with Crippen LogP contribution in [0.4, 0.5) is 0 Å². The molecule has 2 rings (SSSR count). The van der Waals surface area contributed by atoms with Crippen LogP contribution in [-0.2, 0) is 0 Å². The van der Waals surface area contributed by atoms with E-state index in [0.29, 0.717) is 0 Å². The van der Waals surface area contributed by atoms with Crippen molar-refractivity contribution in [3.63, 3.8) is 0 Å². The molecule has 0 aromatic carbocycles. The second-order valence-electron chi connectivity index (χ2n) is 4.35. The zero-order valence-corrected chi connectivity index (χ0v) is 9.06. The van der Waals surface area contributed by atoms with Gasteiger partial charge >= 0.3 is 0 Å². The summed E-state index contributed by atoms with van der Waals surface area (Å²) in [6, 6.07) is 0.784. The molecule has 0 unspecified atom stereocenters. The maximum atomic E-state index is 2.58. The van der Waals surface area contributed by atoms with Crippen LogP contribution in [0.25, 0.3) is 0 Å². The molecule has 1 saturated heterocycles. The predicted molar refractivity (Wildman–Crippen MR) is 54.3 cm³/mol. The Bertz CT molecular complexity index is 128. The van der Waals surface area contributed by atoms with Gasteiger partial charge in [0.1, 0.15) is 0 Å². The third-order valence-electron chi connectivity index (χ3n) is 3.22. The second kappa shape index (κ2) is 3.78. The highest BCUT2D eigenvalue weighted by molar-refractivity contribution is 5.00. The molecule has 0 amide bonds. The minimum Gasteiger partial charge on any atom is -0.300 e. The first-order valence-corrected chi connectivity index (χ1v) is 5.46. The Balaban J connectivity index is 0.000000336. The molecule has 72 valence electrons. The van der Waals surface area contributed by atoms with Crippen LogP contribution in [-0.4, -0.2) is 24.0 Å². The van der Waals surface area contributed by atoms with Crippen molar-refractivity contribution in [2.24, 2.45) is 5.41 Å². The van der Waals surface area contributed by atoms with Crippen LogP contribution in [0.15, 0.2) is 0 Å². The van der Waals surface area contributed by atoms with E-state index in [4.69, 9.17) is 0 Å². The molecule has 2 aliphatic rings. The van der Waals surface area contributed by atoms with E-state index in [1.807, 2.05) is 13.8 Å². The molecule has 1 heteroatoms. The van der Waals surface area contributed by atoms with Gasteiger partial charge in [0.15, 0.2) is 0 Å². The lowest BCUT2D eigenvalue weighted by Gasteiger charge is -2.57. The van der Waals surface area contributed by atoms with E-state index in [1.165, 1.54) is 32.4 Å². The molecule has 0 aromatic rings. The minimum atomic E-state index is 0.784. The fraction of sp³-hybridized carbons (Fsp3) is 1.00. The quantitative estimate of drug-likeness (QED) is 0.583. The Kier molecular flexibility index (Phi) is 3.16. The molecular weight excluding hydrogens is 146 g/mol. The fourth-order valence-corrected chi connectivity index (χ4v) is 2.17. The third kappa shape index (κ3) is 1.66. The first-order chi connectivity index (χ1) is 5.72. The molecule has 1 heterocycles. The third-order valence-corrected chi connectivity index (χ3v) is 3.22. The lowest BCUT2D eigenvalue weighted by molar-refractivity contribution is -0.0758. The maximum absolute atomic E-state index is 2.58. The van der Waals surface area contributed by atoms with E-state index in [9.17, 15) is 0 Å². The van der Waals surface area contributed by atoms with Crippen molar-refractivity contribution in [1.29, 1.82) is 0 Å². The summed E-state index contributed by atoms with van der Waals surface area (Å²) in [5.41, 5.74) is 0.824. The molecule has 1 aliphatic heterocycles. The van der Waals surface area contributed by atoms with Gasteiger partial charge in [-0.15, -0.1) is 0 Å². The topological polar surface area (TPSA) is 3.24 Å². The molecule has 1 spiro atoms. The highest BCUT2D eigenvalue weighted by Crippen LogP contribution is 2.48. The van der Waals surface area contributed by atoms with E-state index < -0.39 is 0 Å². The molecule has 0 atom stereocenters.